The van der Waals surface area contributed by atoms with Crippen molar-refractivity contribution >= 4 is 11.7 Å². The monoisotopic (exact) mass is 403 g/mol. The number of ketones is 1. The molecule has 0 spiro atoms. The number of hydrogen-bond donors (Lipinski definition) is 1. The van der Waals surface area contributed by atoms with Crippen LogP contribution in [0, 0.1) is 11.3 Å². The molecule has 0 unspecified atom stereocenters. The maximum absolute atomic E-state index is 13.2. The third-order valence-corrected chi connectivity index (χ3v) is 7.76. The lowest BCUT2D eigenvalue weighted by Gasteiger charge is -2.55. The van der Waals surface area contributed by atoms with Gasteiger partial charge in [0.1, 0.15) is 0 Å². The van der Waals surface area contributed by atoms with Crippen molar-refractivity contribution in [2.24, 2.45) is 11.3 Å². The first-order chi connectivity index (χ1) is 14.2. The Morgan fingerprint density at radius 3 is 2.53 bits per heavy atom. The van der Waals surface area contributed by atoms with E-state index in [-0.39, 0.29) is 28.4 Å². The largest absolute Gasteiger partial charge is 0.351 e. The highest BCUT2D eigenvalue weighted by molar-refractivity contribution is 6.00. The summed E-state index contributed by atoms with van der Waals surface area (Å²) in [6.07, 6.45) is 3.82. The Labute approximate surface area is 180 Å². The van der Waals surface area contributed by atoms with Crippen LogP contribution in [0.4, 0.5) is 0 Å². The van der Waals surface area contributed by atoms with Gasteiger partial charge in [-0.1, -0.05) is 64.4 Å². The molecule has 0 aromatic heterocycles. The number of Topliss-reactive ketones (excluding diaryl/α,β-unsaturated/α-hetero) is 1. The van der Waals surface area contributed by atoms with Crippen molar-refractivity contribution in [3.05, 3.63) is 70.8 Å². The van der Waals surface area contributed by atoms with Crippen LogP contribution in [0.1, 0.15) is 91.1 Å². The molecule has 158 valence electrons. The Kier molecular flexibility index (Phi) is 5.34. The van der Waals surface area contributed by atoms with E-state index in [0.29, 0.717) is 24.4 Å². The highest BCUT2D eigenvalue weighted by Gasteiger charge is 2.53. The number of amides is 1. The Morgan fingerprint density at radius 1 is 1.10 bits per heavy atom. The lowest BCUT2D eigenvalue weighted by atomic mass is 9.49. The molecule has 30 heavy (non-hydrogen) atoms. The molecule has 3 heteroatoms. The summed E-state index contributed by atoms with van der Waals surface area (Å²) in [6, 6.07) is 15.9. The van der Waals surface area contributed by atoms with Crippen molar-refractivity contribution in [2.45, 2.75) is 64.7 Å². The van der Waals surface area contributed by atoms with Crippen molar-refractivity contribution in [1.29, 1.82) is 0 Å². The summed E-state index contributed by atoms with van der Waals surface area (Å²) in [6.45, 7) is 9.56. The maximum Gasteiger partial charge on any atom is 0.251 e. The van der Waals surface area contributed by atoms with E-state index in [1.54, 1.807) is 0 Å². The lowest BCUT2D eigenvalue weighted by molar-refractivity contribution is 0.0250. The Bertz CT molecular complexity index is 964. The highest BCUT2D eigenvalue weighted by atomic mass is 16.1. The van der Waals surface area contributed by atoms with Crippen LogP contribution in [0.3, 0.4) is 0 Å². The molecular weight excluding hydrogens is 370 g/mol. The van der Waals surface area contributed by atoms with Gasteiger partial charge in [0.15, 0.2) is 5.78 Å². The van der Waals surface area contributed by atoms with E-state index < -0.39 is 0 Å². The quantitative estimate of drug-likeness (QED) is 0.692. The number of carbonyl (C=O) groups excluding carboxylic acids is 2. The average molecular weight is 404 g/mol. The van der Waals surface area contributed by atoms with Crippen LogP contribution in [0.25, 0.3) is 0 Å². The van der Waals surface area contributed by atoms with Crippen molar-refractivity contribution in [3.8, 4) is 0 Å². The fourth-order valence-electron chi connectivity index (χ4n) is 5.90. The van der Waals surface area contributed by atoms with Crippen LogP contribution < -0.4 is 5.32 Å². The molecular formula is C27H33NO2. The molecule has 1 saturated carbocycles. The molecule has 0 bridgehead atoms. The fourth-order valence-corrected chi connectivity index (χ4v) is 5.90. The highest BCUT2D eigenvalue weighted by Crippen LogP contribution is 2.57. The molecule has 2 aliphatic rings. The lowest BCUT2D eigenvalue weighted by Crippen LogP contribution is -2.54. The van der Waals surface area contributed by atoms with Gasteiger partial charge in [-0.25, -0.2) is 0 Å². The number of hydrogen-bond acceptors (Lipinski definition) is 2. The minimum Gasteiger partial charge on any atom is -0.351 e. The molecule has 0 saturated heterocycles. The summed E-state index contributed by atoms with van der Waals surface area (Å²) >= 11 is 0. The molecule has 4 rings (SSSR count). The predicted molar refractivity (Wildman–Crippen MR) is 121 cm³/mol. The van der Waals surface area contributed by atoms with E-state index in [1.807, 2.05) is 30.3 Å². The van der Waals surface area contributed by atoms with Crippen molar-refractivity contribution in [1.82, 2.24) is 5.32 Å². The number of carbonyl (C=O) groups is 2. The number of fused-ring (bicyclic) bond motifs is 3. The summed E-state index contributed by atoms with van der Waals surface area (Å²) in [5.41, 5.74) is 3.94. The molecule has 2 aromatic rings. The molecule has 2 aliphatic carbocycles. The van der Waals surface area contributed by atoms with Gasteiger partial charge in [-0.15, -0.1) is 0 Å². The van der Waals surface area contributed by atoms with Gasteiger partial charge in [0.25, 0.3) is 5.91 Å². The summed E-state index contributed by atoms with van der Waals surface area (Å²) in [7, 11) is 0. The molecule has 0 aliphatic heterocycles. The van der Waals surface area contributed by atoms with E-state index in [9.17, 15) is 9.59 Å². The molecule has 1 amide bonds. The van der Waals surface area contributed by atoms with Gasteiger partial charge in [0.2, 0.25) is 0 Å². The van der Waals surface area contributed by atoms with Gasteiger partial charge in [-0.3, -0.25) is 9.59 Å². The molecule has 3 atom stereocenters. The molecule has 1 fully saturated rings. The van der Waals surface area contributed by atoms with Crippen LogP contribution in [-0.2, 0) is 5.41 Å². The molecule has 3 nitrogen and oxygen atoms in total. The molecule has 2 aromatic carbocycles. The van der Waals surface area contributed by atoms with Crippen molar-refractivity contribution in [2.75, 3.05) is 6.54 Å². The van der Waals surface area contributed by atoms with E-state index in [2.05, 4.69) is 51.2 Å². The second-order valence-electron chi connectivity index (χ2n) is 10.1. The second-order valence-corrected chi connectivity index (χ2v) is 10.1. The van der Waals surface area contributed by atoms with E-state index >= 15 is 0 Å². The Hall–Kier alpha value is -2.42. The standard InChI is InChI=1S/C27H33NO2/c1-18(2)20-11-12-22-21(15-20)23(29)16-24-26(3,13-8-14-27(22,24)4)17-28-25(30)19-9-6-5-7-10-19/h5-7,9-12,15,18,24H,8,13-14,16-17H2,1-4H3,(H,28,30)/t24-,26-,27+/m0/s1. The van der Waals surface area contributed by atoms with Gasteiger partial charge in [-0.2, -0.15) is 0 Å². The van der Waals surface area contributed by atoms with Crippen LogP contribution in [-0.4, -0.2) is 18.2 Å². The van der Waals surface area contributed by atoms with Gasteiger partial charge in [0.05, 0.1) is 0 Å². The van der Waals surface area contributed by atoms with E-state index in [0.717, 1.165) is 24.8 Å². The Balaban J connectivity index is 1.62. The average Bonchev–Trinajstić information content (AvgIpc) is 2.74. The first-order valence-corrected chi connectivity index (χ1v) is 11.3. The fraction of sp³-hybridized carbons (Fsp3) is 0.481. The first kappa shape index (κ1) is 20.8. The molecule has 0 heterocycles. The minimum absolute atomic E-state index is 0.0246. The van der Waals surface area contributed by atoms with Crippen molar-refractivity contribution < 1.29 is 9.59 Å². The van der Waals surface area contributed by atoms with Crippen LogP contribution in [0.5, 0.6) is 0 Å². The summed E-state index contributed by atoms with van der Waals surface area (Å²) in [4.78, 5) is 25.9. The maximum atomic E-state index is 13.2. The molecule has 0 radical (unpaired) electrons. The molecule has 1 N–H and O–H groups in total. The number of rotatable bonds is 4. The zero-order chi connectivity index (χ0) is 21.5. The first-order valence-electron chi connectivity index (χ1n) is 11.3. The zero-order valence-electron chi connectivity index (χ0n) is 18.6. The van der Waals surface area contributed by atoms with Crippen molar-refractivity contribution in [3.63, 3.8) is 0 Å². The third-order valence-electron chi connectivity index (χ3n) is 7.76. The minimum atomic E-state index is -0.0957. The van der Waals surface area contributed by atoms with Gasteiger partial charge in [-0.05, 0) is 64.8 Å². The normalized spacial score (nSPS) is 28.0. The van der Waals surface area contributed by atoms with E-state index in [1.165, 1.54) is 11.1 Å². The third kappa shape index (κ3) is 3.49. The number of nitrogens with one attached hydrogen (secondary N) is 1. The van der Waals surface area contributed by atoms with Crippen LogP contribution >= 0.6 is 0 Å². The van der Waals surface area contributed by atoms with E-state index in [4.69, 9.17) is 0 Å². The van der Waals surface area contributed by atoms with Crippen LogP contribution in [0.2, 0.25) is 0 Å². The van der Waals surface area contributed by atoms with Gasteiger partial charge < -0.3 is 5.32 Å². The smallest absolute Gasteiger partial charge is 0.251 e. The topological polar surface area (TPSA) is 46.2 Å². The van der Waals surface area contributed by atoms with Crippen LogP contribution in [0.15, 0.2) is 48.5 Å². The summed E-state index contributed by atoms with van der Waals surface area (Å²) in [5, 5.41) is 3.17. The second kappa shape index (κ2) is 7.68. The predicted octanol–water partition coefficient (Wildman–Crippen LogP) is 5.89. The Morgan fingerprint density at radius 2 is 1.83 bits per heavy atom. The number of benzene rings is 2. The van der Waals surface area contributed by atoms with Gasteiger partial charge >= 0.3 is 0 Å². The van der Waals surface area contributed by atoms with Gasteiger partial charge in [0, 0.05) is 24.1 Å². The summed E-state index contributed by atoms with van der Waals surface area (Å²) < 4.78 is 0. The SMILES string of the molecule is CC(C)c1ccc2c(c1)C(=O)C[C@H]1[C@](C)(CNC(=O)c3ccccc3)CCC[C@]21C. The summed E-state index contributed by atoms with van der Waals surface area (Å²) in [5.74, 6) is 0.879. The zero-order valence-corrected chi connectivity index (χ0v) is 18.6.